The summed E-state index contributed by atoms with van der Waals surface area (Å²) in [5, 5.41) is 9.45. The van der Waals surface area contributed by atoms with Crippen molar-refractivity contribution in [2.24, 2.45) is 0 Å². The van der Waals surface area contributed by atoms with Crippen LogP contribution in [0.4, 0.5) is 5.69 Å². The number of carbonyl (C=O) groups is 1. The number of carboxylic acid groups (broad SMARTS) is 1. The molecule has 1 aromatic rings. The van der Waals surface area contributed by atoms with E-state index in [0.717, 1.165) is 32.5 Å². The van der Waals surface area contributed by atoms with Gasteiger partial charge < -0.3 is 10.0 Å². The summed E-state index contributed by atoms with van der Waals surface area (Å²) in [4.78, 5) is 16.0. The smallest absolute Gasteiger partial charge is 0.323 e. The van der Waals surface area contributed by atoms with Crippen molar-refractivity contribution in [3.8, 4) is 0 Å². The summed E-state index contributed by atoms with van der Waals surface area (Å²) in [5.74, 6) is -0.741. The zero-order valence-electron chi connectivity index (χ0n) is 13.2. The van der Waals surface area contributed by atoms with E-state index in [0.29, 0.717) is 6.04 Å². The minimum atomic E-state index is -0.797. The molecule has 0 amide bonds. The fourth-order valence-corrected chi connectivity index (χ4v) is 3.31. The Morgan fingerprint density at radius 1 is 1.29 bits per heavy atom. The molecule has 0 saturated carbocycles. The summed E-state index contributed by atoms with van der Waals surface area (Å²) < 4.78 is 0. The van der Waals surface area contributed by atoms with Gasteiger partial charge in [0, 0.05) is 24.8 Å². The van der Waals surface area contributed by atoms with Gasteiger partial charge in [-0.3, -0.25) is 9.69 Å². The first kappa shape index (κ1) is 15.8. The van der Waals surface area contributed by atoms with Crippen LogP contribution in [0.1, 0.15) is 33.6 Å². The number of hydrogen-bond donors (Lipinski definition) is 1. The van der Waals surface area contributed by atoms with E-state index < -0.39 is 11.5 Å². The van der Waals surface area contributed by atoms with Crippen molar-refractivity contribution >= 4 is 11.7 Å². The minimum Gasteiger partial charge on any atom is -0.480 e. The third-order valence-corrected chi connectivity index (χ3v) is 4.61. The molecule has 116 valence electrons. The molecule has 2 rings (SSSR count). The average Bonchev–Trinajstić information content (AvgIpc) is 2.49. The molecule has 0 unspecified atom stereocenters. The second kappa shape index (κ2) is 6.48. The van der Waals surface area contributed by atoms with Gasteiger partial charge in [0.25, 0.3) is 0 Å². The van der Waals surface area contributed by atoms with Gasteiger partial charge in [-0.15, -0.1) is 0 Å². The summed E-state index contributed by atoms with van der Waals surface area (Å²) in [6.07, 6.45) is 2.03. The third kappa shape index (κ3) is 3.38. The molecule has 1 aliphatic rings. The Balaban J connectivity index is 2.01. The van der Waals surface area contributed by atoms with Gasteiger partial charge >= 0.3 is 5.97 Å². The molecule has 0 spiro atoms. The van der Waals surface area contributed by atoms with Crippen molar-refractivity contribution in [2.45, 2.75) is 45.2 Å². The van der Waals surface area contributed by atoms with Gasteiger partial charge in [-0.05, 0) is 45.4 Å². The summed E-state index contributed by atoms with van der Waals surface area (Å²) in [5.41, 5.74) is 0.463. The topological polar surface area (TPSA) is 43.8 Å². The zero-order chi connectivity index (χ0) is 15.5. The highest BCUT2D eigenvalue weighted by atomic mass is 16.4. The molecular weight excluding hydrogens is 264 g/mol. The van der Waals surface area contributed by atoms with Crippen LogP contribution in [0.2, 0.25) is 0 Å². The van der Waals surface area contributed by atoms with E-state index in [2.05, 4.69) is 34.1 Å². The molecule has 0 atom stereocenters. The number of benzene rings is 1. The van der Waals surface area contributed by atoms with Gasteiger partial charge in [0.2, 0.25) is 0 Å². The number of nitrogens with zero attached hydrogens (tertiary/aromatic N) is 2. The Bertz CT molecular complexity index is 465. The van der Waals surface area contributed by atoms with Crippen molar-refractivity contribution in [1.82, 2.24) is 4.90 Å². The lowest BCUT2D eigenvalue weighted by Gasteiger charge is -2.44. The first-order valence-electron chi connectivity index (χ1n) is 7.77. The molecule has 0 aromatic heterocycles. The Hall–Kier alpha value is -1.55. The quantitative estimate of drug-likeness (QED) is 0.905. The van der Waals surface area contributed by atoms with Gasteiger partial charge in [0.05, 0.1) is 0 Å². The van der Waals surface area contributed by atoms with Crippen LogP contribution in [0.25, 0.3) is 0 Å². The van der Waals surface area contributed by atoms with E-state index in [-0.39, 0.29) is 0 Å². The van der Waals surface area contributed by atoms with Crippen LogP contribution in [0.3, 0.4) is 0 Å². The maximum absolute atomic E-state index is 11.5. The predicted octanol–water partition coefficient (Wildman–Crippen LogP) is 2.84. The molecule has 4 nitrogen and oxygen atoms in total. The van der Waals surface area contributed by atoms with Crippen LogP contribution < -0.4 is 4.90 Å². The average molecular weight is 290 g/mol. The molecule has 1 aromatic carbocycles. The standard InChI is InChI=1S/C17H26N2O2/c1-4-19(17(2,3)16(20)21)15-10-12-18(13-11-15)14-8-6-5-7-9-14/h5-9,15H,4,10-13H2,1-3H3,(H,20,21). The van der Waals surface area contributed by atoms with Gasteiger partial charge in [-0.2, -0.15) is 0 Å². The number of carboxylic acids is 1. The lowest BCUT2D eigenvalue weighted by molar-refractivity contribution is -0.151. The first-order chi connectivity index (χ1) is 9.96. The molecule has 1 aliphatic heterocycles. The molecule has 0 aliphatic carbocycles. The van der Waals surface area contributed by atoms with Gasteiger partial charge in [0.1, 0.15) is 5.54 Å². The highest BCUT2D eigenvalue weighted by Gasteiger charge is 2.38. The van der Waals surface area contributed by atoms with Crippen LogP contribution in [0, 0.1) is 0 Å². The number of piperidine rings is 1. The Kier molecular flexibility index (Phi) is 4.88. The summed E-state index contributed by atoms with van der Waals surface area (Å²) >= 11 is 0. The van der Waals surface area contributed by atoms with Gasteiger partial charge in [0.15, 0.2) is 0 Å². The second-order valence-corrected chi connectivity index (χ2v) is 6.20. The molecular formula is C17H26N2O2. The zero-order valence-corrected chi connectivity index (χ0v) is 13.2. The normalized spacial score (nSPS) is 17.2. The van der Waals surface area contributed by atoms with Crippen molar-refractivity contribution in [2.75, 3.05) is 24.5 Å². The fourth-order valence-electron chi connectivity index (χ4n) is 3.31. The fraction of sp³-hybridized carbons (Fsp3) is 0.588. The predicted molar refractivity (Wildman–Crippen MR) is 85.8 cm³/mol. The molecule has 0 bridgehead atoms. The molecule has 1 N–H and O–H groups in total. The first-order valence-corrected chi connectivity index (χ1v) is 7.77. The number of aliphatic carboxylic acids is 1. The van der Waals surface area contributed by atoms with Crippen molar-refractivity contribution in [3.63, 3.8) is 0 Å². The summed E-state index contributed by atoms with van der Waals surface area (Å²) in [6.45, 7) is 8.41. The Morgan fingerprint density at radius 2 is 1.86 bits per heavy atom. The SMILES string of the molecule is CCN(C1CCN(c2ccccc2)CC1)C(C)(C)C(=O)O. The summed E-state index contributed by atoms with van der Waals surface area (Å²) in [6, 6.07) is 10.8. The highest BCUT2D eigenvalue weighted by Crippen LogP contribution is 2.27. The van der Waals surface area contributed by atoms with Crippen LogP contribution in [0.5, 0.6) is 0 Å². The second-order valence-electron chi connectivity index (χ2n) is 6.20. The maximum atomic E-state index is 11.5. The van der Waals surface area contributed by atoms with Crippen molar-refractivity contribution in [1.29, 1.82) is 0 Å². The lowest BCUT2D eigenvalue weighted by atomic mass is 9.94. The molecule has 1 heterocycles. The monoisotopic (exact) mass is 290 g/mol. The van der Waals surface area contributed by atoms with Crippen LogP contribution in [-0.2, 0) is 4.79 Å². The van der Waals surface area contributed by atoms with Crippen molar-refractivity contribution in [3.05, 3.63) is 30.3 Å². The molecule has 0 radical (unpaired) electrons. The molecule has 1 fully saturated rings. The van der Waals surface area contributed by atoms with E-state index in [9.17, 15) is 9.90 Å². The van der Waals surface area contributed by atoms with E-state index >= 15 is 0 Å². The summed E-state index contributed by atoms with van der Waals surface area (Å²) in [7, 11) is 0. The maximum Gasteiger partial charge on any atom is 0.323 e. The number of para-hydroxylation sites is 1. The molecule has 1 saturated heterocycles. The Morgan fingerprint density at radius 3 is 2.33 bits per heavy atom. The Labute approximate surface area is 127 Å². The van der Waals surface area contributed by atoms with Crippen molar-refractivity contribution < 1.29 is 9.90 Å². The highest BCUT2D eigenvalue weighted by molar-refractivity contribution is 5.77. The minimum absolute atomic E-state index is 0.348. The van der Waals surface area contributed by atoms with Gasteiger partial charge in [-0.25, -0.2) is 0 Å². The van der Waals surface area contributed by atoms with Crippen LogP contribution in [-0.4, -0.2) is 47.2 Å². The number of likely N-dealkylation sites (N-methyl/N-ethyl adjacent to an activating group) is 1. The van der Waals surface area contributed by atoms with E-state index in [1.165, 1.54) is 5.69 Å². The van der Waals surface area contributed by atoms with E-state index in [4.69, 9.17) is 0 Å². The number of hydrogen-bond acceptors (Lipinski definition) is 3. The number of rotatable bonds is 5. The van der Waals surface area contributed by atoms with E-state index in [1.807, 2.05) is 26.8 Å². The third-order valence-electron chi connectivity index (χ3n) is 4.61. The van der Waals surface area contributed by atoms with E-state index in [1.54, 1.807) is 0 Å². The van der Waals surface area contributed by atoms with Gasteiger partial charge in [-0.1, -0.05) is 25.1 Å². The molecule has 4 heteroatoms. The van der Waals surface area contributed by atoms with Crippen LogP contribution in [0.15, 0.2) is 30.3 Å². The van der Waals surface area contributed by atoms with Crippen LogP contribution >= 0.6 is 0 Å². The largest absolute Gasteiger partial charge is 0.480 e. The lowest BCUT2D eigenvalue weighted by Crippen LogP contribution is -2.57. The number of anilines is 1. The molecule has 21 heavy (non-hydrogen) atoms.